The number of nitrogen functional groups attached to an aromatic ring is 1. The summed E-state index contributed by atoms with van der Waals surface area (Å²) in [7, 11) is 0. The van der Waals surface area contributed by atoms with E-state index in [9.17, 15) is 15.3 Å². The van der Waals surface area contributed by atoms with Gasteiger partial charge in [0.05, 0.1) is 12.9 Å². The number of anilines is 2. The summed E-state index contributed by atoms with van der Waals surface area (Å²) in [6.45, 7) is -0.416. The molecule has 1 saturated heterocycles. The topological polar surface area (TPSA) is 164 Å². The highest BCUT2D eigenvalue weighted by molar-refractivity contribution is 5.83. The van der Waals surface area contributed by atoms with Crippen molar-refractivity contribution in [3.63, 3.8) is 0 Å². The minimum absolute atomic E-state index is 0.158. The number of rotatable bonds is 6. The Labute approximate surface area is 167 Å². The average molecular weight is 405 g/mol. The minimum atomic E-state index is -1.24. The van der Waals surface area contributed by atoms with Crippen LogP contribution < -0.4 is 11.2 Å². The SMILES string of the molecule is Nc1nc(N/N=C/CC2CCCCC2)nc2c1ncn2[C@@H]1O[C@H](CO)[C@@H](O)[C@H]1O. The largest absolute Gasteiger partial charge is 0.394 e. The highest BCUT2D eigenvalue weighted by Crippen LogP contribution is 2.32. The molecular weight excluding hydrogens is 378 g/mol. The number of ether oxygens (including phenoxy) is 1. The van der Waals surface area contributed by atoms with Crippen molar-refractivity contribution in [3.05, 3.63) is 6.33 Å². The Hall–Kier alpha value is -2.34. The molecule has 4 atom stereocenters. The third-order valence-corrected chi connectivity index (χ3v) is 5.66. The third-order valence-electron chi connectivity index (χ3n) is 5.66. The summed E-state index contributed by atoms with van der Waals surface area (Å²) < 4.78 is 7.02. The molecule has 2 fully saturated rings. The van der Waals surface area contributed by atoms with Crippen molar-refractivity contribution in [3.8, 4) is 0 Å². The van der Waals surface area contributed by atoms with Gasteiger partial charge in [0.15, 0.2) is 17.7 Å². The molecule has 0 amide bonds. The van der Waals surface area contributed by atoms with Crippen LogP contribution in [-0.4, -0.2) is 66.0 Å². The molecular formula is C18H27N7O4. The van der Waals surface area contributed by atoms with E-state index in [0.717, 1.165) is 6.42 Å². The monoisotopic (exact) mass is 405 g/mol. The van der Waals surface area contributed by atoms with Crippen molar-refractivity contribution in [2.45, 2.75) is 63.1 Å². The summed E-state index contributed by atoms with van der Waals surface area (Å²) in [5, 5.41) is 33.8. The quantitative estimate of drug-likeness (QED) is 0.338. The van der Waals surface area contributed by atoms with Gasteiger partial charge in [-0.1, -0.05) is 32.1 Å². The Morgan fingerprint density at radius 2 is 2.03 bits per heavy atom. The third kappa shape index (κ3) is 4.04. The lowest BCUT2D eigenvalue weighted by Crippen LogP contribution is -2.33. The molecule has 2 aliphatic rings. The van der Waals surface area contributed by atoms with E-state index in [2.05, 4.69) is 25.5 Å². The fraction of sp³-hybridized carbons (Fsp3) is 0.667. The van der Waals surface area contributed by atoms with Crippen LogP contribution in [0.15, 0.2) is 11.4 Å². The van der Waals surface area contributed by atoms with Crippen molar-refractivity contribution in [1.29, 1.82) is 0 Å². The summed E-state index contributed by atoms with van der Waals surface area (Å²) in [5.74, 6) is 1.03. The molecule has 0 aromatic carbocycles. The van der Waals surface area contributed by atoms with Gasteiger partial charge in [0.25, 0.3) is 0 Å². The van der Waals surface area contributed by atoms with Gasteiger partial charge < -0.3 is 25.8 Å². The molecule has 3 heterocycles. The molecule has 1 aliphatic heterocycles. The van der Waals surface area contributed by atoms with Crippen LogP contribution in [0.5, 0.6) is 0 Å². The van der Waals surface area contributed by atoms with Gasteiger partial charge in [-0.2, -0.15) is 15.1 Å². The van der Waals surface area contributed by atoms with Crippen molar-refractivity contribution < 1.29 is 20.1 Å². The first-order chi connectivity index (χ1) is 14.1. The van der Waals surface area contributed by atoms with E-state index in [1.807, 2.05) is 6.21 Å². The van der Waals surface area contributed by atoms with Gasteiger partial charge in [-0.3, -0.25) is 4.57 Å². The Kier molecular flexibility index (Phi) is 5.90. The van der Waals surface area contributed by atoms with Crippen LogP contribution in [0.25, 0.3) is 11.2 Å². The zero-order chi connectivity index (χ0) is 20.4. The second-order valence-electron chi connectivity index (χ2n) is 7.65. The number of aromatic nitrogens is 4. The molecule has 0 spiro atoms. The second kappa shape index (κ2) is 8.57. The zero-order valence-corrected chi connectivity index (χ0v) is 16.1. The fourth-order valence-corrected chi connectivity index (χ4v) is 4.01. The highest BCUT2D eigenvalue weighted by Gasteiger charge is 2.44. The van der Waals surface area contributed by atoms with Gasteiger partial charge in [-0.25, -0.2) is 10.4 Å². The van der Waals surface area contributed by atoms with Gasteiger partial charge in [0.2, 0.25) is 5.95 Å². The van der Waals surface area contributed by atoms with E-state index in [1.165, 1.54) is 43.0 Å². The van der Waals surface area contributed by atoms with Gasteiger partial charge in [-0.05, 0) is 12.3 Å². The van der Waals surface area contributed by atoms with E-state index in [0.29, 0.717) is 17.1 Å². The van der Waals surface area contributed by atoms with Crippen molar-refractivity contribution in [1.82, 2.24) is 19.5 Å². The number of nitrogens with one attached hydrogen (secondary N) is 1. The first kappa shape index (κ1) is 20.0. The molecule has 2 aromatic heterocycles. The summed E-state index contributed by atoms with van der Waals surface area (Å²) >= 11 is 0. The predicted octanol–water partition coefficient (Wildman–Crippen LogP) is 0.388. The Morgan fingerprint density at radius 3 is 2.76 bits per heavy atom. The fourth-order valence-electron chi connectivity index (χ4n) is 4.01. The number of hydrazone groups is 1. The Balaban J connectivity index is 1.51. The van der Waals surface area contributed by atoms with Gasteiger partial charge >= 0.3 is 0 Å². The first-order valence-electron chi connectivity index (χ1n) is 9.98. The minimum Gasteiger partial charge on any atom is -0.394 e. The van der Waals surface area contributed by atoms with Gasteiger partial charge in [-0.15, -0.1) is 0 Å². The van der Waals surface area contributed by atoms with Crippen LogP contribution in [0.2, 0.25) is 0 Å². The van der Waals surface area contributed by atoms with Crippen molar-refractivity contribution in [2.75, 3.05) is 17.8 Å². The maximum absolute atomic E-state index is 10.3. The maximum Gasteiger partial charge on any atom is 0.247 e. The van der Waals surface area contributed by atoms with Crippen LogP contribution in [0.4, 0.5) is 11.8 Å². The lowest BCUT2D eigenvalue weighted by Gasteiger charge is -2.19. The molecule has 1 saturated carbocycles. The normalized spacial score (nSPS) is 28.5. The molecule has 11 heteroatoms. The van der Waals surface area contributed by atoms with E-state index in [1.54, 1.807) is 0 Å². The molecule has 1 aliphatic carbocycles. The van der Waals surface area contributed by atoms with Crippen LogP contribution in [0, 0.1) is 5.92 Å². The van der Waals surface area contributed by atoms with E-state index in [4.69, 9.17) is 10.5 Å². The summed E-state index contributed by atoms with van der Waals surface area (Å²) in [5.41, 5.74) is 9.47. The van der Waals surface area contributed by atoms with Gasteiger partial charge in [0, 0.05) is 6.21 Å². The lowest BCUT2D eigenvalue weighted by molar-refractivity contribution is -0.0511. The summed E-state index contributed by atoms with van der Waals surface area (Å²) in [6, 6.07) is 0. The summed E-state index contributed by atoms with van der Waals surface area (Å²) in [4.78, 5) is 12.7. The van der Waals surface area contributed by atoms with Gasteiger partial charge in [0.1, 0.15) is 23.8 Å². The Morgan fingerprint density at radius 1 is 1.24 bits per heavy atom. The van der Waals surface area contributed by atoms with Crippen molar-refractivity contribution >= 4 is 29.1 Å². The molecule has 0 bridgehead atoms. The highest BCUT2D eigenvalue weighted by atomic mass is 16.6. The maximum atomic E-state index is 10.3. The number of nitrogens with two attached hydrogens (primary N) is 1. The number of imidazole rings is 1. The van der Waals surface area contributed by atoms with Crippen LogP contribution in [0.3, 0.4) is 0 Å². The molecule has 11 nitrogen and oxygen atoms in total. The van der Waals surface area contributed by atoms with E-state index in [-0.39, 0.29) is 11.8 Å². The van der Waals surface area contributed by atoms with Crippen molar-refractivity contribution in [2.24, 2.45) is 11.0 Å². The molecule has 29 heavy (non-hydrogen) atoms. The zero-order valence-electron chi connectivity index (χ0n) is 16.1. The van der Waals surface area contributed by atoms with Crippen LogP contribution in [0.1, 0.15) is 44.8 Å². The molecule has 0 radical (unpaired) electrons. The first-order valence-corrected chi connectivity index (χ1v) is 9.98. The average Bonchev–Trinajstić information content (AvgIpc) is 3.28. The number of nitrogens with zero attached hydrogens (tertiary/aromatic N) is 5. The van der Waals surface area contributed by atoms with E-state index >= 15 is 0 Å². The number of aliphatic hydroxyl groups excluding tert-OH is 3. The number of fused-ring (bicyclic) bond motifs is 1. The standard InChI is InChI=1S/C18H27N7O4/c19-15-12-16(25(9-20-12)17-14(28)13(27)11(8-26)29-17)23-18(22-15)24-21-7-6-10-4-2-1-3-5-10/h7,9-11,13-14,17,26-28H,1-6,8H2,(H3,19,22,23,24)/b21-7+/t11-,13-,14-,17-/m1/s1. The molecule has 0 unspecified atom stereocenters. The molecule has 2 aromatic rings. The number of hydrogen-bond acceptors (Lipinski definition) is 10. The Bertz CT molecular complexity index is 867. The predicted molar refractivity (Wildman–Crippen MR) is 106 cm³/mol. The lowest BCUT2D eigenvalue weighted by atomic mass is 9.87. The molecule has 6 N–H and O–H groups in total. The number of hydrogen-bond donors (Lipinski definition) is 5. The number of aliphatic hydroxyl groups is 3. The second-order valence-corrected chi connectivity index (χ2v) is 7.65. The van der Waals surface area contributed by atoms with Crippen LogP contribution in [-0.2, 0) is 4.74 Å². The smallest absolute Gasteiger partial charge is 0.247 e. The molecule has 4 rings (SSSR count). The van der Waals surface area contributed by atoms with Crippen LogP contribution >= 0.6 is 0 Å². The summed E-state index contributed by atoms with van der Waals surface area (Å²) in [6.07, 6.45) is 6.21. The van der Waals surface area contributed by atoms with E-state index < -0.39 is 31.1 Å². The molecule has 158 valence electrons.